The van der Waals surface area contributed by atoms with Crippen LogP contribution in [0.25, 0.3) is 0 Å². The van der Waals surface area contributed by atoms with Crippen LogP contribution in [-0.4, -0.2) is 60.5 Å². The van der Waals surface area contributed by atoms with Crippen LogP contribution in [0.2, 0.25) is 0 Å². The Balaban J connectivity index is 1.64. The lowest BCUT2D eigenvalue weighted by Crippen LogP contribution is -2.49. The Morgan fingerprint density at radius 2 is 2.00 bits per heavy atom. The van der Waals surface area contributed by atoms with E-state index in [2.05, 4.69) is 26.1 Å². The third-order valence-electron chi connectivity index (χ3n) is 4.71. The molecule has 3 rings (SSSR count). The second-order valence-corrected chi connectivity index (χ2v) is 6.14. The van der Waals surface area contributed by atoms with Gasteiger partial charge in [-0.2, -0.15) is 10.4 Å². The quantitative estimate of drug-likeness (QED) is 0.837. The molecule has 0 saturated carbocycles. The molecule has 0 spiro atoms. The van der Waals surface area contributed by atoms with E-state index in [-0.39, 0.29) is 0 Å². The minimum absolute atomic E-state index is 0.405. The van der Waals surface area contributed by atoms with Gasteiger partial charge in [0.15, 0.2) is 5.82 Å². The van der Waals surface area contributed by atoms with Gasteiger partial charge in [0, 0.05) is 39.3 Å². The minimum Gasteiger partial charge on any atom is -0.377 e. The van der Waals surface area contributed by atoms with Gasteiger partial charge in [0.2, 0.25) is 0 Å². The first-order chi connectivity index (χ1) is 10.7. The zero-order valence-electron chi connectivity index (χ0n) is 13.4. The average molecular weight is 301 g/mol. The summed E-state index contributed by atoms with van der Waals surface area (Å²) < 4.78 is 5.71. The van der Waals surface area contributed by atoms with E-state index in [1.807, 2.05) is 13.8 Å². The van der Waals surface area contributed by atoms with Crippen LogP contribution in [0.15, 0.2) is 0 Å². The molecule has 2 aliphatic heterocycles. The molecule has 1 aromatic heterocycles. The largest absolute Gasteiger partial charge is 0.377 e. The Morgan fingerprint density at radius 3 is 2.64 bits per heavy atom. The number of rotatable bonds is 3. The standard InChI is InChI=1S/C16H23N5O/c1-12-13(2)18-19-16(15(12)10-17)21-7-5-20(6-8-21)11-14-4-3-9-22-14/h14H,3-9,11H2,1-2H3. The Labute approximate surface area is 131 Å². The summed E-state index contributed by atoms with van der Waals surface area (Å²) in [6.45, 7) is 9.52. The van der Waals surface area contributed by atoms with Crippen LogP contribution < -0.4 is 4.90 Å². The van der Waals surface area contributed by atoms with E-state index in [1.54, 1.807) is 0 Å². The van der Waals surface area contributed by atoms with Crippen LogP contribution in [0, 0.1) is 25.2 Å². The summed E-state index contributed by atoms with van der Waals surface area (Å²) in [6, 6.07) is 2.29. The lowest BCUT2D eigenvalue weighted by molar-refractivity contribution is 0.0712. The first-order valence-electron chi connectivity index (χ1n) is 8.02. The van der Waals surface area contributed by atoms with Gasteiger partial charge in [-0.15, -0.1) is 5.10 Å². The molecular formula is C16H23N5O. The van der Waals surface area contributed by atoms with Gasteiger partial charge >= 0.3 is 0 Å². The molecule has 118 valence electrons. The van der Waals surface area contributed by atoms with Gasteiger partial charge in [-0.1, -0.05) is 0 Å². The van der Waals surface area contributed by atoms with Crippen LogP contribution >= 0.6 is 0 Å². The van der Waals surface area contributed by atoms with E-state index in [0.29, 0.717) is 11.7 Å². The zero-order chi connectivity index (χ0) is 15.5. The maximum atomic E-state index is 9.42. The number of ether oxygens (including phenoxy) is 1. The molecule has 1 aromatic rings. The molecule has 0 aliphatic carbocycles. The molecule has 6 heteroatoms. The van der Waals surface area contributed by atoms with Crippen LogP contribution in [0.5, 0.6) is 0 Å². The van der Waals surface area contributed by atoms with Crippen molar-refractivity contribution in [3.8, 4) is 6.07 Å². The van der Waals surface area contributed by atoms with E-state index in [0.717, 1.165) is 56.4 Å². The SMILES string of the molecule is Cc1nnc(N2CCN(CC3CCCO3)CC2)c(C#N)c1C. The summed E-state index contributed by atoms with van der Waals surface area (Å²) in [5.41, 5.74) is 2.44. The molecule has 3 heterocycles. The fourth-order valence-corrected chi connectivity index (χ4v) is 3.17. The van der Waals surface area contributed by atoms with Crippen molar-refractivity contribution >= 4 is 5.82 Å². The molecule has 0 aromatic carbocycles. The summed E-state index contributed by atoms with van der Waals surface area (Å²) in [5.74, 6) is 0.738. The third kappa shape index (κ3) is 3.06. The summed E-state index contributed by atoms with van der Waals surface area (Å²) in [7, 11) is 0. The van der Waals surface area contributed by atoms with Crippen molar-refractivity contribution in [3.05, 3.63) is 16.8 Å². The monoisotopic (exact) mass is 301 g/mol. The smallest absolute Gasteiger partial charge is 0.169 e. The van der Waals surface area contributed by atoms with Gasteiger partial charge in [-0.25, -0.2) is 0 Å². The normalized spacial score (nSPS) is 22.8. The van der Waals surface area contributed by atoms with Gasteiger partial charge in [-0.3, -0.25) is 4.90 Å². The highest BCUT2D eigenvalue weighted by Gasteiger charge is 2.25. The molecule has 6 nitrogen and oxygen atoms in total. The number of nitrogens with zero attached hydrogens (tertiary/aromatic N) is 5. The first-order valence-corrected chi connectivity index (χ1v) is 8.02. The molecule has 0 radical (unpaired) electrons. The van der Waals surface area contributed by atoms with Crippen molar-refractivity contribution < 1.29 is 4.74 Å². The van der Waals surface area contributed by atoms with Crippen molar-refractivity contribution in [2.75, 3.05) is 44.2 Å². The van der Waals surface area contributed by atoms with Crippen molar-refractivity contribution in [2.24, 2.45) is 0 Å². The van der Waals surface area contributed by atoms with Gasteiger partial charge in [-0.05, 0) is 32.3 Å². The van der Waals surface area contributed by atoms with Crippen LogP contribution in [0.1, 0.15) is 29.7 Å². The highest BCUT2D eigenvalue weighted by Crippen LogP contribution is 2.23. The fourth-order valence-electron chi connectivity index (χ4n) is 3.17. The van der Waals surface area contributed by atoms with Crippen LogP contribution in [0.4, 0.5) is 5.82 Å². The second kappa shape index (κ2) is 6.59. The Hall–Kier alpha value is -1.71. The van der Waals surface area contributed by atoms with Crippen molar-refractivity contribution in [3.63, 3.8) is 0 Å². The van der Waals surface area contributed by atoms with E-state index in [4.69, 9.17) is 4.74 Å². The van der Waals surface area contributed by atoms with Crippen LogP contribution in [-0.2, 0) is 4.74 Å². The summed E-state index contributed by atoms with van der Waals surface area (Å²) in [5, 5.41) is 17.9. The number of hydrogen-bond acceptors (Lipinski definition) is 6. The number of aromatic nitrogens is 2. The molecule has 0 bridgehead atoms. The van der Waals surface area contributed by atoms with E-state index in [9.17, 15) is 5.26 Å². The van der Waals surface area contributed by atoms with Crippen molar-refractivity contribution in [1.82, 2.24) is 15.1 Å². The van der Waals surface area contributed by atoms with Crippen molar-refractivity contribution in [2.45, 2.75) is 32.8 Å². The number of piperazine rings is 1. The second-order valence-electron chi connectivity index (χ2n) is 6.14. The summed E-state index contributed by atoms with van der Waals surface area (Å²) in [4.78, 5) is 4.64. The highest BCUT2D eigenvalue weighted by atomic mass is 16.5. The molecule has 22 heavy (non-hydrogen) atoms. The predicted molar refractivity (Wildman–Crippen MR) is 83.8 cm³/mol. The molecular weight excluding hydrogens is 278 g/mol. The molecule has 2 saturated heterocycles. The average Bonchev–Trinajstić information content (AvgIpc) is 3.04. The summed E-state index contributed by atoms with van der Waals surface area (Å²) >= 11 is 0. The lowest BCUT2D eigenvalue weighted by Gasteiger charge is -2.36. The van der Waals surface area contributed by atoms with E-state index in [1.165, 1.54) is 12.8 Å². The topological polar surface area (TPSA) is 65.3 Å². The molecule has 2 aliphatic rings. The predicted octanol–water partition coefficient (Wildman–Crippen LogP) is 1.27. The fraction of sp³-hybridized carbons (Fsp3) is 0.688. The zero-order valence-corrected chi connectivity index (χ0v) is 13.4. The van der Waals surface area contributed by atoms with Crippen molar-refractivity contribution in [1.29, 1.82) is 5.26 Å². The number of nitriles is 1. The maximum Gasteiger partial charge on any atom is 0.169 e. The lowest BCUT2D eigenvalue weighted by atomic mass is 10.1. The molecule has 0 N–H and O–H groups in total. The van der Waals surface area contributed by atoms with Gasteiger partial charge < -0.3 is 9.64 Å². The molecule has 2 fully saturated rings. The van der Waals surface area contributed by atoms with Gasteiger partial charge in [0.1, 0.15) is 11.6 Å². The number of anilines is 1. The number of hydrogen-bond donors (Lipinski definition) is 0. The minimum atomic E-state index is 0.405. The molecule has 1 atom stereocenters. The molecule has 0 amide bonds. The molecule has 1 unspecified atom stereocenters. The third-order valence-corrected chi connectivity index (χ3v) is 4.71. The van der Waals surface area contributed by atoms with Gasteiger partial charge in [0.05, 0.1) is 11.8 Å². The van der Waals surface area contributed by atoms with E-state index < -0.39 is 0 Å². The van der Waals surface area contributed by atoms with Crippen LogP contribution in [0.3, 0.4) is 0 Å². The summed E-state index contributed by atoms with van der Waals surface area (Å²) in [6.07, 6.45) is 2.78. The Morgan fingerprint density at radius 1 is 1.23 bits per heavy atom. The van der Waals surface area contributed by atoms with E-state index >= 15 is 0 Å². The maximum absolute atomic E-state index is 9.42. The highest BCUT2D eigenvalue weighted by molar-refractivity contribution is 5.57. The first kappa shape index (κ1) is 15.2. The number of aryl methyl sites for hydroxylation is 1. The van der Waals surface area contributed by atoms with Gasteiger partial charge in [0.25, 0.3) is 0 Å². The Bertz CT molecular complexity index is 569. The Kier molecular flexibility index (Phi) is 4.55.